The van der Waals surface area contributed by atoms with Crippen LogP contribution in [0.25, 0.3) is 0 Å². The summed E-state index contributed by atoms with van der Waals surface area (Å²) in [6, 6.07) is 8.80. The number of ether oxygens (including phenoxy) is 2. The third-order valence-electron chi connectivity index (χ3n) is 3.33. The van der Waals surface area contributed by atoms with E-state index in [9.17, 15) is 4.79 Å². The van der Waals surface area contributed by atoms with E-state index < -0.39 is 0 Å². The molecule has 0 fully saturated rings. The largest absolute Gasteiger partial charge is 0.497 e. The summed E-state index contributed by atoms with van der Waals surface area (Å²) in [6.45, 7) is 2.56. The molecule has 0 radical (unpaired) electrons. The van der Waals surface area contributed by atoms with Gasteiger partial charge in [-0.3, -0.25) is 4.79 Å². The number of hydrogen-bond donors (Lipinski definition) is 1. The van der Waals surface area contributed by atoms with Crippen molar-refractivity contribution in [1.82, 2.24) is 20.7 Å². The number of aromatic nitrogens is 3. The van der Waals surface area contributed by atoms with Gasteiger partial charge in [0.15, 0.2) is 15.8 Å². The summed E-state index contributed by atoms with van der Waals surface area (Å²) in [7, 11) is 1.59. The molecule has 3 rings (SSSR count). The lowest BCUT2D eigenvalue weighted by atomic mass is 10.3. The molecule has 0 aliphatic rings. The Morgan fingerprint density at radius 2 is 2.15 bits per heavy atom. The van der Waals surface area contributed by atoms with Crippen molar-refractivity contribution in [3.8, 4) is 11.5 Å². The first-order chi connectivity index (χ1) is 13.1. The van der Waals surface area contributed by atoms with Crippen molar-refractivity contribution in [2.75, 3.05) is 19.4 Å². The topological polar surface area (TPSA) is 99.4 Å². The van der Waals surface area contributed by atoms with Crippen molar-refractivity contribution in [3.63, 3.8) is 0 Å². The minimum absolute atomic E-state index is 0.166. The van der Waals surface area contributed by atoms with E-state index in [0.717, 1.165) is 9.35 Å². The monoisotopic (exact) mass is 406 g/mol. The Labute approximate surface area is 164 Å². The lowest BCUT2D eigenvalue weighted by Gasteiger charge is -2.05. The van der Waals surface area contributed by atoms with Crippen molar-refractivity contribution in [1.29, 1.82) is 0 Å². The fourth-order valence-corrected chi connectivity index (χ4v) is 3.80. The first kappa shape index (κ1) is 19.2. The number of thioether (sulfide) groups is 1. The highest BCUT2D eigenvalue weighted by molar-refractivity contribution is 8.01. The molecular formula is C17H18N4O4S2. The van der Waals surface area contributed by atoms with E-state index in [-0.39, 0.29) is 18.2 Å². The molecule has 8 nitrogen and oxygen atoms in total. The van der Waals surface area contributed by atoms with Gasteiger partial charge in [0.1, 0.15) is 23.1 Å². The number of hydrogen-bond acceptors (Lipinski definition) is 9. The van der Waals surface area contributed by atoms with E-state index in [1.807, 2.05) is 25.1 Å². The number of carbonyl (C=O) groups excluding carboxylic acids is 1. The number of nitrogens with zero attached hydrogens (tertiary/aromatic N) is 3. The molecule has 0 bridgehead atoms. The van der Waals surface area contributed by atoms with Crippen LogP contribution in [0.3, 0.4) is 0 Å². The zero-order valence-corrected chi connectivity index (χ0v) is 16.4. The van der Waals surface area contributed by atoms with Crippen molar-refractivity contribution < 1.29 is 18.8 Å². The lowest BCUT2D eigenvalue weighted by molar-refractivity contribution is 0.0947. The fourth-order valence-electron chi connectivity index (χ4n) is 2.06. The molecule has 142 valence electrons. The summed E-state index contributed by atoms with van der Waals surface area (Å²) < 4.78 is 16.8. The van der Waals surface area contributed by atoms with Gasteiger partial charge in [0.05, 0.1) is 7.11 Å². The minimum atomic E-state index is -0.291. The van der Waals surface area contributed by atoms with Gasteiger partial charge in [0.25, 0.3) is 5.91 Å². The number of nitrogens with one attached hydrogen (secondary N) is 1. The highest BCUT2D eigenvalue weighted by atomic mass is 32.2. The van der Waals surface area contributed by atoms with Crippen LogP contribution in [0.15, 0.2) is 39.2 Å². The number of rotatable bonds is 9. The maximum absolute atomic E-state index is 12.1. The molecule has 0 saturated carbocycles. The second kappa shape index (κ2) is 9.38. The third-order valence-corrected chi connectivity index (χ3v) is 5.31. The van der Waals surface area contributed by atoms with Gasteiger partial charge >= 0.3 is 0 Å². The zero-order chi connectivity index (χ0) is 19.1. The first-order valence-electron chi connectivity index (χ1n) is 8.07. The van der Waals surface area contributed by atoms with Gasteiger partial charge in [-0.1, -0.05) is 34.3 Å². The SMILES string of the molecule is COc1cccc(OCc2cc(C(=O)NCCSc3nnc(C)s3)no2)c1. The average Bonchev–Trinajstić information content (AvgIpc) is 3.32. The molecule has 2 heterocycles. The molecule has 0 unspecified atom stereocenters. The quantitative estimate of drug-likeness (QED) is 0.428. The number of amides is 1. The number of aryl methyl sites for hydroxylation is 1. The molecule has 0 atom stereocenters. The Morgan fingerprint density at radius 1 is 1.30 bits per heavy atom. The predicted molar refractivity (Wildman–Crippen MR) is 102 cm³/mol. The Hall–Kier alpha value is -2.59. The van der Waals surface area contributed by atoms with Gasteiger partial charge in [-0.15, -0.1) is 10.2 Å². The summed E-state index contributed by atoms with van der Waals surface area (Å²) in [5.74, 6) is 2.21. The second-order valence-corrected chi connectivity index (χ2v) is 7.86. The molecule has 0 aliphatic carbocycles. The molecule has 2 aromatic heterocycles. The molecule has 27 heavy (non-hydrogen) atoms. The molecule has 0 aliphatic heterocycles. The van der Waals surface area contributed by atoms with E-state index in [4.69, 9.17) is 14.0 Å². The summed E-state index contributed by atoms with van der Waals surface area (Å²) in [5, 5.41) is 15.5. The third kappa shape index (κ3) is 5.69. The van der Waals surface area contributed by atoms with Crippen LogP contribution >= 0.6 is 23.1 Å². The van der Waals surface area contributed by atoms with Gasteiger partial charge in [-0.05, 0) is 19.1 Å². The number of benzene rings is 1. The van der Waals surface area contributed by atoms with Crippen molar-refractivity contribution in [2.45, 2.75) is 17.9 Å². The van der Waals surface area contributed by atoms with E-state index in [0.29, 0.717) is 29.6 Å². The van der Waals surface area contributed by atoms with Crippen LogP contribution in [-0.2, 0) is 6.61 Å². The lowest BCUT2D eigenvalue weighted by Crippen LogP contribution is -2.25. The fraction of sp³-hybridized carbons (Fsp3) is 0.294. The van der Waals surface area contributed by atoms with Crippen molar-refractivity contribution in [2.24, 2.45) is 0 Å². The molecule has 1 N–H and O–H groups in total. The first-order valence-corrected chi connectivity index (χ1v) is 9.88. The van der Waals surface area contributed by atoms with Gasteiger partial charge in [-0.25, -0.2) is 0 Å². The van der Waals surface area contributed by atoms with Crippen LogP contribution in [-0.4, -0.2) is 40.7 Å². The van der Waals surface area contributed by atoms with Gasteiger partial charge in [-0.2, -0.15) is 0 Å². The van der Waals surface area contributed by atoms with Crippen LogP contribution in [0.4, 0.5) is 0 Å². The van der Waals surface area contributed by atoms with E-state index in [1.165, 1.54) is 11.3 Å². The zero-order valence-electron chi connectivity index (χ0n) is 14.8. The Balaban J connectivity index is 1.42. The van der Waals surface area contributed by atoms with Gasteiger partial charge in [0.2, 0.25) is 0 Å². The maximum Gasteiger partial charge on any atom is 0.273 e. The summed E-state index contributed by atoms with van der Waals surface area (Å²) in [4.78, 5) is 12.1. The highest BCUT2D eigenvalue weighted by Crippen LogP contribution is 2.21. The van der Waals surface area contributed by atoms with E-state index >= 15 is 0 Å². The molecule has 0 spiro atoms. The standard InChI is InChI=1S/C17H18N4O4S2/c1-11-19-20-17(27-11)26-7-6-18-16(22)15-9-14(25-21-15)10-24-13-5-3-4-12(8-13)23-2/h3-5,8-9H,6-7,10H2,1-2H3,(H,18,22). The van der Waals surface area contributed by atoms with Gasteiger partial charge < -0.3 is 19.3 Å². The normalized spacial score (nSPS) is 10.6. The number of methoxy groups -OCH3 is 1. The minimum Gasteiger partial charge on any atom is -0.497 e. The van der Waals surface area contributed by atoms with Gasteiger partial charge in [0, 0.05) is 24.4 Å². The Kier molecular flexibility index (Phi) is 6.66. The predicted octanol–water partition coefficient (Wildman–Crippen LogP) is 2.94. The summed E-state index contributed by atoms with van der Waals surface area (Å²) in [5.41, 5.74) is 0.219. The average molecular weight is 406 g/mol. The van der Waals surface area contributed by atoms with Crippen LogP contribution in [0.1, 0.15) is 21.3 Å². The highest BCUT2D eigenvalue weighted by Gasteiger charge is 2.13. The molecule has 10 heteroatoms. The Bertz CT molecular complexity index is 896. The van der Waals surface area contributed by atoms with Crippen LogP contribution in [0.5, 0.6) is 11.5 Å². The molecule has 1 amide bonds. The van der Waals surface area contributed by atoms with Crippen LogP contribution in [0.2, 0.25) is 0 Å². The molecular weight excluding hydrogens is 388 g/mol. The number of carbonyl (C=O) groups is 1. The smallest absolute Gasteiger partial charge is 0.273 e. The van der Waals surface area contributed by atoms with E-state index in [2.05, 4.69) is 20.7 Å². The van der Waals surface area contributed by atoms with Crippen molar-refractivity contribution in [3.05, 3.63) is 46.8 Å². The maximum atomic E-state index is 12.1. The van der Waals surface area contributed by atoms with Crippen LogP contribution in [0, 0.1) is 6.92 Å². The molecule has 0 saturated heterocycles. The molecule has 3 aromatic rings. The van der Waals surface area contributed by atoms with Crippen molar-refractivity contribution >= 4 is 29.0 Å². The summed E-state index contributed by atoms with van der Waals surface area (Å²) in [6.07, 6.45) is 0. The summed E-state index contributed by atoms with van der Waals surface area (Å²) >= 11 is 3.08. The van der Waals surface area contributed by atoms with E-state index in [1.54, 1.807) is 31.0 Å². The second-order valence-electron chi connectivity index (χ2n) is 5.34. The van der Waals surface area contributed by atoms with Crippen LogP contribution < -0.4 is 14.8 Å². The molecule has 1 aromatic carbocycles. The Morgan fingerprint density at radius 3 is 2.93 bits per heavy atom.